The summed E-state index contributed by atoms with van der Waals surface area (Å²) in [4.78, 5) is 4.74. The third-order valence-electron chi connectivity index (χ3n) is 4.01. The Morgan fingerprint density at radius 1 is 1.37 bits per heavy atom. The van der Waals surface area contributed by atoms with E-state index in [-0.39, 0.29) is 5.92 Å². The van der Waals surface area contributed by atoms with E-state index in [1.165, 1.54) is 12.8 Å². The topological polar surface area (TPSA) is 30.3 Å². The second-order valence-electron chi connectivity index (χ2n) is 5.61. The van der Waals surface area contributed by atoms with E-state index in [4.69, 9.17) is 0 Å². The van der Waals surface area contributed by atoms with Crippen LogP contribution in [-0.2, 0) is 0 Å². The van der Waals surface area contributed by atoms with Crippen LogP contribution in [0.15, 0.2) is 30.3 Å². The molecule has 0 bridgehead atoms. The molecule has 0 radical (unpaired) electrons. The lowest BCUT2D eigenvalue weighted by atomic mass is 9.98. The number of benzene rings is 1. The van der Waals surface area contributed by atoms with Gasteiger partial charge in [0.05, 0.1) is 12.0 Å². The van der Waals surface area contributed by atoms with Crippen LogP contribution in [0.1, 0.15) is 24.3 Å². The number of rotatable bonds is 4. The molecule has 1 aliphatic heterocycles. The molecule has 3 heteroatoms. The third-order valence-corrected chi connectivity index (χ3v) is 4.01. The molecule has 1 fully saturated rings. The summed E-state index contributed by atoms with van der Waals surface area (Å²) < 4.78 is 0. The summed E-state index contributed by atoms with van der Waals surface area (Å²) in [5, 5.41) is 9.40. The van der Waals surface area contributed by atoms with Gasteiger partial charge in [-0.15, -0.1) is 0 Å². The first-order chi connectivity index (χ1) is 9.20. The van der Waals surface area contributed by atoms with Crippen LogP contribution >= 0.6 is 0 Å². The largest absolute Gasteiger partial charge is 0.305 e. The lowest BCUT2D eigenvalue weighted by Crippen LogP contribution is -2.46. The number of likely N-dealkylation sites (N-methyl/N-ethyl adjacent to an activating group) is 1. The smallest absolute Gasteiger partial charge is 0.0839 e. The van der Waals surface area contributed by atoms with Gasteiger partial charge in [0.15, 0.2) is 0 Å². The van der Waals surface area contributed by atoms with Gasteiger partial charge in [0.2, 0.25) is 0 Å². The second-order valence-corrected chi connectivity index (χ2v) is 5.61. The number of nitriles is 1. The Balaban J connectivity index is 1.97. The molecule has 0 amide bonds. The van der Waals surface area contributed by atoms with Crippen molar-refractivity contribution < 1.29 is 0 Å². The summed E-state index contributed by atoms with van der Waals surface area (Å²) >= 11 is 0. The van der Waals surface area contributed by atoms with E-state index in [0.29, 0.717) is 6.04 Å². The average molecular weight is 257 g/mol. The van der Waals surface area contributed by atoms with Crippen molar-refractivity contribution in [2.45, 2.75) is 24.8 Å². The van der Waals surface area contributed by atoms with Gasteiger partial charge in [-0.25, -0.2) is 0 Å². The zero-order valence-electron chi connectivity index (χ0n) is 11.9. The molecule has 1 aliphatic rings. The number of likely N-dealkylation sites (tertiary alicyclic amines) is 1. The molecule has 1 aromatic rings. The molecule has 0 saturated carbocycles. The van der Waals surface area contributed by atoms with Crippen molar-refractivity contribution >= 4 is 0 Å². The van der Waals surface area contributed by atoms with Gasteiger partial charge in [-0.3, -0.25) is 0 Å². The van der Waals surface area contributed by atoms with Crippen molar-refractivity contribution in [2.75, 3.05) is 33.7 Å². The SMILES string of the molecule is CN(C)C1CCCN(CC(C#N)c2ccccc2)C1. The van der Waals surface area contributed by atoms with Gasteiger partial charge < -0.3 is 9.80 Å². The molecule has 1 aromatic carbocycles. The van der Waals surface area contributed by atoms with Crippen LogP contribution in [0.25, 0.3) is 0 Å². The zero-order valence-corrected chi connectivity index (χ0v) is 11.9. The van der Waals surface area contributed by atoms with Crippen molar-refractivity contribution in [3.8, 4) is 6.07 Å². The normalized spacial score (nSPS) is 22.1. The van der Waals surface area contributed by atoms with Gasteiger partial charge in [-0.1, -0.05) is 30.3 Å². The summed E-state index contributed by atoms with van der Waals surface area (Å²) in [6, 6.07) is 13.2. The van der Waals surface area contributed by atoms with E-state index >= 15 is 0 Å². The monoisotopic (exact) mass is 257 g/mol. The van der Waals surface area contributed by atoms with E-state index in [1.807, 2.05) is 18.2 Å². The highest BCUT2D eigenvalue weighted by Gasteiger charge is 2.23. The van der Waals surface area contributed by atoms with Crippen LogP contribution in [0.2, 0.25) is 0 Å². The summed E-state index contributed by atoms with van der Waals surface area (Å²) in [6.07, 6.45) is 2.50. The van der Waals surface area contributed by atoms with Crippen molar-refractivity contribution in [3.63, 3.8) is 0 Å². The van der Waals surface area contributed by atoms with Crippen LogP contribution in [0.4, 0.5) is 0 Å². The first-order valence-electron chi connectivity index (χ1n) is 7.04. The molecule has 2 atom stereocenters. The molecule has 1 saturated heterocycles. The van der Waals surface area contributed by atoms with E-state index in [0.717, 1.165) is 25.2 Å². The highest BCUT2D eigenvalue weighted by Crippen LogP contribution is 2.20. The molecule has 1 heterocycles. The molecule has 19 heavy (non-hydrogen) atoms. The highest BCUT2D eigenvalue weighted by atomic mass is 15.2. The maximum atomic E-state index is 9.40. The summed E-state index contributed by atoms with van der Waals surface area (Å²) in [7, 11) is 4.29. The Morgan fingerprint density at radius 2 is 2.11 bits per heavy atom. The third kappa shape index (κ3) is 3.79. The first-order valence-corrected chi connectivity index (χ1v) is 7.04. The first kappa shape index (κ1) is 14.0. The zero-order chi connectivity index (χ0) is 13.7. The van der Waals surface area contributed by atoms with Crippen LogP contribution < -0.4 is 0 Å². The molecule has 0 N–H and O–H groups in total. The van der Waals surface area contributed by atoms with Crippen LogP contribution in [0.5, 0.6) is 0 Å². The Hall–Kier alpha value is -1.37. The molecule has 0 aliphatic carbocycles. The number of piperidine rings is 1. The fourth-order valence-corrected chi connectivity index (χ4v) is 2.78. The van der Waals surface area contributed by atoms with Crippen LogP contribution in [0, 0.1) is 11.3 Å². The van der Waals surface area contributed by atoms with Gasteiger partial charge in [-0.05, 0) is 39.0 Å². The Morgan fingerprint density at radius 3 is 2.74 bits per heavy atom. The molecular weight excluding hydrogens is 234 g/mol. The average Bonchev–Trinajstić information content (AvgIpc) is 2.46. The predicted molar refractivity (Wildman–Crippen MR) is 77.9 cm³/mol. The quantitative estimate of drug-likeness (QED) is 0.829. The molecule has 2 rings (SSSR count). The van der Waals surface area contributed by atoms with E-state index in [2.05, 4.69) is 42.1 Å². The Bertz CT molecular complexity index is 421. The second kappa shape index (κ2) is 6.70. The maximum absolute atomic E-state index is 9.40. The number of hydrogen-bond acceptors (Lipinski definition) is 3. The maximum Gasteiger partial charge on any atom is 0.0839 e. The van der Waals surface area contributed by atoms with E-state index < -0.39 is 0 Å². The van der Waals surface area contributed by atoms with E-state index in [9.17, 15) is 5.26 Å². The van der Waals surface area contributed by atoms with Crippen molar-refractivity contribution in [2.24, 2.45) is 0 Å². The van der Waals surface area contributed by atoms with Crippen molar-refractivity contribution in [1.29, 1.82) is 5.26 Å². The van der Waals surface area contributed by atoms with Gasteiger partial charge in [-0.2, -0.15) is 5.26 Å². The Kier molecular flexibility index (Phi) is 4.95. The van der Waals surface area contributed by atoms with Crippen LogP contribution in [0.3, 0.4) is 0 Å². The standard InChI is InChI=1S/C16H23N3/c1-18(2)16-9-6-10-19(13-16)12-15(11-17)14-7-4-3-5-8-14/h3-5,7-8,15-16H,6,9-10,12-13H2,1-2H3. The molecular formula is C16H23N3. The molecule has 3 nitrogen and oxygen atoms in total. The van der Waals surface area contributed by atoms with Crippen LogP contribution in [-0.4, -0.2) is 49.6 Å². The van der Waals surface area contributed by atoms with Crippen molar-refractivity contribution in [3.05, 3.63) is 35.9 Å². The van der Waals surface area contributed by atoms with Gasteiger partial charge >= 0.3 is 0 Å². The van der Waals surface area contributed by atoms with Gasteiger partial charge in [0.25, 0.3) is 0 Å². The number of hydrogen-bond donors (Lipinski definition) is 0. The summed E-state index contributed by atoms with van der Waals surface area (Å²) in [6.45, 7) is 3.05. The minimum absolute atomic E-state index is 0.0119. The minimum atomic E-state index is -0.0119. The van der Waals surface area contributed by atoms with E-state index in [1.54, 1.807) is 0 Å². The Labute approximate surface area is 116 Å². The summed E-state index contributed by atoms with van der Waals surface area (Å²) in [5.74, 6) is -0.0119. The van der Waals surface area contributed by atoms with Crippen molar-refractivity contribution in [1.82, 2.24) is 9.80 Å². The summed E-state index contributed by atoms with van der Waals surface area (Å²) in [5.41, 5.74) is 1.14. The fourth-order valence-electron chi connectivity index (χ4n) is 2.78. The molecule has 0 aromatic heterocycles. The van der Waals surface area contributed by atoms with Gasteiger partial charge in [0.1, 0.15) is 0 Å². The van der Waals surface area contributed by atoms with Gasteiger partial charge in [0, 0.05) is 19.1 Å². The fraction of sp³-hybridized carbons (Fsp3) is 0.562. The molecule has 0 spiro atoms. The number of nitrogens with zero attached hydrogens (tertiary/aromatic N) is 3. The molecule has 102 valence electrons. The molecule has 2 unspecified atom stereocenters. The predicted octanol–water partition coefficient (Wildman–Crippen LogP) is 2.32. The minimum Gasteiger partial charge on any atom is -0.305 e. The highest BCUT2D eigenvalue weighted by molar-refractivity contribution is 5.25. The lowest BCUT2D eigenvalue weighted by Gasteiger charge is -2.36. The lowest BCUT2D eigenvalue weighted by molar-refractivity contribution is 0.131.